The summed E-state index contributed by atoms with van der Waals surface area (Å²) in [5.74, 6) is 1.24. The largest absolute Gasteiger partial charge is 0.497 e. The zero-order chi connectivity index (χ0) is 19.4. The predicted octanol–water partition coefficient (Wildman–Crippen LogP) is 2.63. The fraction of sp³-hybridized carbons (Fsp3) is 0.619. The van der Waals surface area contributed by atoms with Gasteiger partial charge in [-0.15, -0.1) is 0 Å². The van der Waals surface area contributed by atoms with Crippen LogP contribution in [0.15, 0.2) is 24.3 Å². The molecule has 0 aromatic heterocycles. The minimum Gasteiger partial charge on any atom is -0.497 e. The highest BCUT2D eigenvalue weighted by Gasteiger charge is 2.36. The summed E-state index contributed by atoms with van der Waals surface area (Å²) in [7, 11) is 5.31. The summed E-state index contributed by atoms with van der Waals surface area (Å²) in [5.41, 5.74) is 1.28. The van der Waals surface area contributed by atoms with Crippen LogP contribution in [0.2, 0.25) is 0 Å². The van der Waals surface area contributed by atoms with E-state index in [1.165, 1.54) is 18.4 Å². The lowest BCUT2D eigenvalue weighted by molar-refractivity contribution is -0.126. The van der Waals surface area contributed by atoms with E-state index in [-0.39, 0.29) is 23.3 Å². The van der Waals surface area contributed by atoms with E-state index in [1.54, 1.807) is 16.9 Å². The van der Waals surface area contributed by atoms with Crippen molar-refractivity contribution in [2.24, 2.45) is 5.92 Å². The molecule has 1 saturated heterocycles. The van der Waals surface area contributed by atoms with Crippen molar-refractivity contribution in [3.63, 3.8) is 0 Å². The number of carbonyl (C=O) groups excluding carboxylic acids is 2. The number of carbonyl (C=O) groups is 2. The minimum atomic E-state index is -0.0585. The van der Waals surface area contributed by atoms with Gasteiger partial charge in [-0.25, -0.2) is 4.79 Å². The lowest BCUT2D eigenvalue weighted by Gasteiger charge is -2.31. The zero-order valence-electron chi connectivity index (χ0n) is 16.7. The highest BCUT2D eigenvalue weighted by molar-refractivity contribution is 5.78. The lowest BCUT2D eigenvalue weighted by atomic mass is 9.79. The Morgan fingerprint density at radius 2 is 1.96 bits per heavy atom. The summed E-state index contributed by atoms with van der Waals surface area (Å²) < 4.78 is 5.27. The molecule has 148 valence electrons. The van der Waals surface area contributed by atoms with Crippen molar-refractivity contribution in [3.05, 3.63) is 29.8 Å². The first-order valence-electron chi connectivity index (χ1n) is 9.81. The summed E-state index contributed by atoms with van der Waals surface area (Å²) in [6.45, 7) is 1.98. The summed E-state index contributed by atoms with van der Waals surface area (Å²) in [5, 5.41) is 3.15. The van der Waals surface area contributed by atoms with E-state index in [2.05, 4.69) is 17.4 Å². The third-order valence-electron chi connectivity index (χ3n) is 6.14. The molecule has 1 aromatic rings. The molecule has 6 nitrogen and oxygen atoms in total. The molecule has 1 aliphatic carbocycles. The topological polar surface area (TPSA) is 61.9 Å². The van der Waals surface area contributed by atoms with Gasteiger partial charge in [-0.1, -0.05) is 25.0 Å². The normalized spacial score (nSPS) is 21.4. The number of benzene rings is 1. The average Bonchev–Trinajstić information content (AvgIpc) is 3.27. The van der Waals surface area contributed by atoms with Gasteiger partial charge in [-0.3, -0.25) is 4.79 Å². The molecule has 6 heteroatoms. The molecular formula is C21H31N3O3. The molecule has 2 aliphatic rings. The number of likely N-dealkylation sites (tertiary alicyclic amines) is 1. The minimum absolute atomic E-state index is 0.00626. The van der Waals surface area contributed by atoms with Crippen LogP contribution in [0.4, 0.5) is 4.79 Å². The molecule has 0 bridgehead atoms. The molecule has 1 aromatic carbocycles. The predicted molar refractivity (Wildman–Crippen MR) is 105 cm³/mol. The SMILES string of the molecule is COc1ccc(C2(CNC(=O)N(C)C[C@H]3CC(=O)N(C)C3)CCCC2)cc1. The van der Waals surface area contributed by atoms with Crippen LogP contribution < -0.4 is 10.1 Å². The second-order valence-corrected chi connectivity index (χ2v) is 8.10. The van der Waals surface area contributed by atoms with Crippen LogP contribution in [0.3, 0.4) is 0 Å². The second-order valence-electron chi connectivity index (χ2n) is 8.10. The lowest BCUT2D eigenvalue weighted by Crippen LogP contribution is -2.45. The zero-order valence-corrected chi connectivity index (χ0v) is 16.7. The monoisotopic (exact) mass is 373 g/mol. The molecule has 2 fully saturated rings. The number of methoxy groups -OCH3 is 1. The van der Waals surface area contributed by atoms with Crippen LogP contribution in [0, 0.1) is 5.92 Å². The molecule has 0 unspecified atom stereocenters. The number of urea groups is 1. The Hall–Kier alpha value is -2.24. The van der Waals surface area contributed by atoms with Gasteiger partial charge in [-0.2, -0.15) is 0 Å². The van der Waals surface area contributed by atoms with E-state index in [9.17, 15) is 9.59 Å². The van der Waals surface area contributed by atoms with Crippen LogP contribution >= 0.6 is 0 Å². The highest BCUT2D eigenvalue weighted by atomic mass is 16.5. The first-order valence-corrected chi connectivity index (χ1v) is 9.81. The van der Waals surface area contributed by atoms with Crippen molar-refractivity contribution >= 4 is 11.9 Å². The molecule has 27 heavy (non-hydrogen) atoms. The maximum atomic E-state index is 12.6. The Morgan fingerprint density at radius 1 is 1.30 bits per heavy atom. The summed E-state index contributed by atoms with van der Waals surface area (Å²) >= 11 is 0. The number of nitrogens with one attached hydrogen (secondary N) is 1. The first kappa shape index (κ1) is 19.5. The van der Waals surface area contributed by atoms with Gasteiger partial charge < -0.3 is 19.9 Å². The molecule has 1 heterocycles. The number of nitrogens with zero attached hydrogens (tertiary/aromatic N) is 2. The third-order valence-corrected chi connectivity index (χ3v) is 6.14. The van der Waals surface area contributed by atoms with E-state index >= 15 is 0 Å². The van der Waals surface area contributed by atoms with Gasteiger partial charge >= 0.3 is 6.03 Å². The molecule has 3 rings (SSSR count). The Bertz CT molecular complexity index is 668. The molecule has 1 aliphatic heterocycles. The molecular weight excluding hydrogens is 342 g/mol. The van der Waals surface area contributed by atoms with Crippen molar-refractivity contribution in [1.82, 2.24) is 15.1 Å². The van der Waals surface area contributed by atoms with Crippen molar-refractivity contribution in [3.8, 4) is 5.75 Å². The van der Waals surface area contributed by atoms with Gasteiger partial charge in [0.25, 0.3) is 0 Å². The summed E-state index contributed by atoms with van der Waals surface area (Å²) in [4.78, 5) is 27.8. The van der Waals surface area contributed by atoms with Crippen LogP contribution in [-0.4, -0.2) is 62.6 Å². The van der Waals surface area contributed by atoms with Gasteiger partial charge in [0.15, 0.2) is 0 Å². The smallest absolute Gasteiger partial charge is 0.317 e. The Morgan fingerprint density at radius 3 is 2.52 bits per heavy atom. The third kappa shape index (κ3) is 4.37. The van der Waals surface area contributed by atoms with E-state index in [0.717, 1.165) is 25.1 Å². The molecule has 1 atom stereocenters. The van der Waals surface area contributed by atoms with Crippen molar-refractivity contribution in [2.45, 2.75) is 37.5 Å². The Balaban J connectivity index is 1.58. The first-order chi connectivity index (χ1) is 12.9. The maximum Gasteiger partial charge on any atom is 0.317 e. The van der Waals surface area contributed by atoms with Crippen LogP contribution in [0.1, 0.15) is 37.7 Å². The van der Waals surface area contributed by atoms with E-state index < -0.39 is 0 Å². The van der Waals surface area contributed by atoms with Crippen molar-refractivity contribution in [2.75, 3.05) is 40.8 Å². The highest BCUT2D eigenvalue weighted by Crippen LogP contribution is 2.41. The molecule has 0 spiro atoms. The van der Waals surface area contributed by atoms with E-state index in [0.29, 0.717) is 19.5 Å². The van der Waals surface area contributed by atoms with Gasteiger partial charge in [0.2, 0.25) is 5.91 Å². The number of ether oxygens (including phenoxy) is 1. The molecule has 0 radical (unpaired) electrons. The van der Waals surface area contributed by atoms with Crippen LogP contribution in [-0.2, 0) is 10.2 Å². The fourth-order valence-electron chi connectivity index (χ4n) is 4.49. The second kappa shape index (κ2) is 8.19. The summed E-state index contributed by atoms with van der Waals surface area (Å²) in [6, 6.07) is 8.19. The van der Waals surface area contributed by atoms with Gasteiger partial charge in [-0.05, 0) is 30.5 Å². The van der Waals surface area contributed by atoms with Gasteiger partial charge in [0.1, 0.15) is 5.75 Å². The van der Waals surface area contributed by atoms with Crippen LogP contribution in [0.25, 0.3) is 0 Å². The van der Waals surface area contributed by atoms with E-state index in [4.69, 9.17) is 4.74 Å². The number of rotatable bonds is 6. The molecule has 1 saturated carbocycles. The van der Waals surface area contributed by atoms with Gasteiger partial charge in [0.05, 0.1) is 7.11 Å². The Labute approximate surface area is 161 Å². The van der Waals surface area contributed by atoms with Crippen molar-refractivity contribution < 1.29 is 14.3 Å². The number of amides is 3. The van der Waals surface area contributed by atoms with Gasteiger partial charge in [0, 0.05) is 51.5 Å². The standard InChI is InChI=1S/C21H31N3O3/c1-23-13-16(12-19(23)25)14-24(2)20(26)22-15-21(10-4-5-11-21)17-6-8-18(27-3)9-7-17/h6-9,16H,4-5,10-15H2,1-3H3,(H,22,26)/t16-/m0/s1. The Kier molecular flexibility index (Phi) is 5.92. The fourth-order valence-corrected chi connectivity index (χ4v) is 4.49. The average molecular weight is 373 g/mol. The van der Waals surface area contributed by atoms with E-state index in [1.807, 2.05) is 26.2 Å². The van der Waals surface area contributed by atoms with Crippen molar-refractivity contribution in [1.29, 1.82) is 0 Å². The number of hydrogen-bond donors (Lipinski definition) is 1. The maximum absolute atomic E-state index is 12.6. The summed E-state index contributed by atoms with van der Waals surface area (Å²) in [6.07, 6.45) is 5.09. The molecule has 1 N–H and O–H groups in total. The number of hydrogen-bond acceptors (Lipinski definition) is 3. The molecule has 3 amide bonds. The quantitative estimate of drug-likeness (QED) is 0.834. The van der Waals surface area contributed by atoms with Crippen LogP contribution in [0.5, 0.6) is 5.75 Å².